The number of rotatable bonds is 10. The molecule has 2 aromatic rings. The first kappa shape index (κ1) is 29.7. The van der Waals surface area contributed by atoms with Gasteiger partial charge in [-0.2, -0.15) is 5.14 Å². The number of carbonyl (C=O) groups excluding carboxylic acids is 1. The number of ether oxygens (including phenoxy) is 2. The van der Waals surface area contributed by atoms with Gasteiger partial charge in [0.25, 0.3) is 0 Å². The first-order chi connectivity index (χ1) is 18.9. The van der Waals surface area contributed by atoms with Gasteiger partial charge in [0.1, 0.15) is 11.5 Å². The number of carbonyl (C=O) groups is 1. The second kappa shape index (κ2) is 14.4. The highest BCUT2D eigenvalue weighted by molar-refractivity contribution is 7.89. The average Bonchev–Trinajstić information content (AvgIpc) is 2.92. The van der Waals surface area contributed by atoms with Gasteiger partial charge in [0.2, 0.25) is 5.91 Å². The summed E-state index contributed by atoms with van der Waals surface area (Å²) in [5, 5.41) is 6.11. The van der Waals surface area contributed by atoms with Crippen LogP contribution in [0.2, 0.25) is 5.02 Å². The molecule has 0 saturated heterocycles. The largest absolute Gasteiger partial charge is 0.598 e. The average molecular weight is 574 g/mol. The van der Waals surface area contributed by atoms with Crippen molar-refractivity contribution in [2.45, 2.75) is 57.6 Å². The Bertz CT molecular complexity index is 1150. The molecule has 1 heterocycles. The number of anilines is 1. The van der Waals surface area contributed by atoms with Crippen molar-refractivity contribution in [3.63, 3.8) is 0 Å². The van der Waals surface area contributed by atoms with E-state index < -0.39 is 17.3 Å². The summed E-state index contributed by atoms with van der Waals surface area (Å²) in [6.07, 6.45) is 10.9. The highest BCUT2D eigenvalue weighted by Gasteiger charge is 2.37. The Kier molecular flexibility index (Phi) is 11.0. The quantitative estimate of drug-likeness (QED) is 0.230. The molecule has 0 radical (unpaired) electrons. The lowest BCUT2D eigenvalue weighted by Gasteiger charge is -2.43. The molecular formula is C30H40ClN3O4S. The van der Waals surface area contributed by atoms with Crippen LogP contribution in [0.5, 0.6) is 5.75 Å². The lowest BCUT2D eigenvalue weighted by atomic mass is 9.70. The van der Waals surface area contributed by atoms with Gasteiger partial charge in [-0.05, 0) is 98.2 Å². The summed E-state index contributed by atoms with van der Waals surface area (Å²) >= 11 is 5.13. The second-order valence-electron chi connectivity index (χ2n) is 10.5. The first-order valence-electron chi connectivity index (χ1n) is 13.8. The first-order valence-corrected chi connectivity index (χ1v) is 15.5. The van der Waals surface area contributed by atoms with Gasteiger partial charge in [0.05, 0.1) is 18.4 Å². The third-order valence-corrected chi connectivity index (χ3v) is 8.81. The van der Waals surface area contributed by atoms with Crippen LogP contribution in [0.3, 0.4) is 0 Å². The Morgan fingerprint density at radius 1 is 1.26 bits per heavy atom. The number of hydrogen-bond donors (Lipinski definition) is 2. The molecule has 0 spiro atoms. The zero-order valence-electron chi connectivity index (χ0n) is 22.7. The Labute approximate surface area is 240 Å². The summed E-state index contributed by atoms with van der Waals surface area (Å²) in [6, 6.07) is 11.6. The highest BCUT2D eigenvalue weighted by atomic mass is 35.5. The molecule has 0 bridgehead atoms. The van der Waals surface area contributed by atoms with Crippen molar-refractivity contribution in [2.75, 3.05) is 30.9 Å². The van der Waals surface area contributed by atoms with Gasteiger partial charge in [-0.25, -0.2) is 0 Å². The minimum Gasteiger partial charge on any atom is -0.598 e. The van der Waals surface area contributed by atoms with Crippen LogP contribution in [-0.4, -0.2) is 42.6 Å². The summed E-state index contributed by atoms with van der Waals surface area (Å²) < 4.78 is 23.3. The van der Waals surface area contributed by atoms with Crippen LogP contribution in [0, 0.1) is 11.8 Å². The Hall–Kier alpha value is -2.23. The van der Waals surface area contributed by atoms with E-state index >= 15 is 0 Å². The summed E-state index contributed by atoms with van der Waals surface area (Å²) in [5.41, 5.74) is 9.52. The number of methoxy groups -OCH3 is 1. The van der Waals surface area contributed by atoms with Gasteiger partial charge < -0.3 is 24.7 Å². The van der Waals surface area contributed by atoms with Gasteiger partial charge in [0, 0.05) is 42.1 Å². The van der Waals surface area contributed by atoms with Crippen LogP contribution >= 0.6 is 11.6 Å². The number of unbranched alkanes of at least 4 members (excludes halogenated alkanes) is 1. The van der Waals surface area contributed by atoms with Crippen molar-refractivity contribution in [3.05, 3.63) is 70.3 Å². The molecule has 39 heavy (non-hydrogen) atoms. The van der Waals surface area contributed by atoms with E-state index in [4.69, 9.17) is 31.9 Å². The molecule has 1 saturated carbocycles. The molecule has 2 aromatic carbocycles. The number of benzene rings is 2. The SMILES string of the molecule is CO[C@@H](/C=C/CCC[S@@+](N)[O-])[C@@H]1CC[C@H]1CN1Cc2ccc(Cl)cc2CCCCOc2ccc(C(N)=O)cc21. The summed E-state index contributed by atoms with van der Waals surface area (Å²) in [5.74, 6) is 1.60. The van der Waals surface area contributed by atoms with Crippen LogP contribution in [0.1, 0.15) is 60.0 Å². The highest BCUT2D eigenvalue weighted by Crippen LogP contribution is 2.42. The molecule has 4 N–H and O–H groups in total. The van der Waals surface area contributed by atoms with Crippen molar-refractivity contribution in [1.29, 1.82) is 0 Å². The third-order valence-electron chi connectivity index (χ3n) is 7.88. The standard InChI is InChI=1S/C30H40ClN3O4S/c1-37-28(8-3-2-6-16-39(33)36)26-13-10-24(26)20-34-19-23-9-12-25(31)17-21(23)7-4-5-15-38-29-14-11-22(30(32)35)18-27(29)34/h3,8-9,11-12,14,17-18,24,26,28H,2,4-7,10,13,15-16,19-20,33H2,1H3,(H2,32,35)/b8-3+/t24-,26+,28-,39-/m0/s1. The number of hydrogen-bond acceptors (Lipinski definition) is 6. The fraction of sp³-hybridized carbons (Fsp3) is 0.500. The lowest BCUT2D eigenvalue weighted by molar-refractivity contribution is 0.0134. The molecule has 1 aliphatic heterocycles. The zero-order chi connectivity index (χ0) is 27.8. The molecule has 212 valence electrons. The van der Waals surface area contributed by atoms with Gasteiger partial charge >= 0.3 is 0 Å². The maximum absolute atomic E-state index is 12.1. The second-order valence-corrected chi connectivity index (χ2v) is 12.1. The molecule has 7 nitrogen and oxygen atoms in total. The molecule has 1 amide bonds. The fourth-order valence-corrected chi connectivity index (χ4v) is 6.23. The number of aryl methyl sites for hydroxylation is 1. The molecule has 1 fully saturated rings. The van der Waals surface area contributed by atoms with E-state index in [0.717, 1.165) is 68.0 Å². The zero-order valence-corrected chi connectivity index (χ0v) is 24.2. The van der Waals surface area contributed by atoms with Crippen molar-refractivity contribution in [1.82, 2.24) is 0 Å². The Balaban J connectivity index is 1.60. The van der Waals surface area contributed by atoms with Crippen molar-refractivity contribution >= 4 is 34.6 Å². The third kappa shape index (κ3) is 8.14. The molecular weight excluding hydrogens is 534 g/mol. The van der Waals surface area contributed by atoms with Crippen molar-refractivity contribution < 1.29 is 18.8 Å². The minimum atomic E-state index is -1.25. The molecule has 4 rings (SSSR count). The number of nitrogens with zero attached hydrogens (tertiary/aromatic N) is 1. The molecule has 9 heteroatoms. The molecule has 0 aromatic heterocycles. The molecule has 4 atom stereocenters. The van der Waals surface area contributed by atoms with E-state index in [1.807, 2.05) is 18.2 Å². The number of nitrogens with two attached hydrogens (primary N) is 2. The number of amides is 1. The van der Waals surface area contributed by atoms with E-state index in [2.05, 4.69) is 29.2 Å². The number of fused-ring (bicyclic) bond motifs is 2. The van der Waals surface area contributed by atoms with Gasteiger partial charge in [-0.3, -0.25) is 4.79 Å². The van der Waals surface area contributed by atoms with Crippen molar-refractivity contribution in [3.8, 4) is 5.75 Å². The normalized spacial score (nSPS) is 21.2. The molecule has 2 aliphatic rings. The van der Waals surface area contributed by atoms with Crippen LogP contribution in [0.4, 0.5) is 5.69 Å². The summed E-state index contributed by atoms with van der Waals surface area (Å²) in [6.45, 7) is 2.08. The maximum atomic E-state index is 12.1. The Morgan fingerprint density at radius 2 is 2.10 bits per heavy atom. The van der Waals surface area contributed by atoms with E-state index in [-0.39, 0.29) is 6.10 Å². The fourth-order valence-electron chi connectivity index (χ4n) is 5.58. The number of allylic oxidation sites excluding steroid dienone is 1. The number of halogens is 1. The van der Waals surface area contributed by atoms with Gasteiger partial charge in [-0.1, -0.05) is 29.8 Å². The summed E-state index contributed by atoms with van der Waals surface area (Å²) in [4.78, 5) is 14.5. The van der Waals surface area contributed by atoms with E-state index in [1.165, 1.54) is 11.1 Å². The minimum absolute atomic E-state index is 0.00910. The van der Waals surface area contributed by atoms with Crippen LogP contribution in [0.25, 0.3) is 0 Å². The van der Waals surface area contributed by atoms with Gasteiger partial charge in [-0.15, -0.1) is 0 Å². The predicted octanol–water partition coefficient (Wildman–Crippen LogP) is 5.16. The van der Waals surface area contributed by atoms with Crippen LogP contribution < -0.4 is 20.5 Å². The van der Waals surface area contributed by atoms with E-state index in [1.54, 1.807) is 13.2 Å². The topological polar surface area (TPSA) is 114 Å². The Morgan fingerprint density at radius 3 is 2.82 bits per heavy atom. The smallest absolute Gasteiger partial charge is 0.248 e. The maximum Gasteiger partial charge on any atom is 0.248 e. The molecule has 1 aliphatic carbocycles. The van der Waals surface area contributed by atoms with Gasteiger partial charge in [0.15, 0.2) is 0 Å². The van der Waals surface area contributed by atoms with E-state index in [9.17, 15) is 9.35 Å². The predicted molar refractivity (Wildman–Crippen MR) is 158 cm³/mol. The van der Waals surface area contributed by atoms with E-state index in [0.29, 0.717) is 36.3 Å². The van der Waals surface area contributed by atoms with Crippen LogP contribution in [0.15, 0.2) is 48.6 Å². The van der Waals surface area contributed by atoms with Crippen LogP contribution in [-0.2, 0) is 29.1 Å². The van der Waals surface area contributed by atoms with Crippen molar-refractivity contribution in [2.24, 2.45) is 22.7 Å². The number of primary amides is 1. The lowest BCUT2D eigenvalue weighted by Crippen LogP contribution is -2.43. The monoisotopic (exact) mass is 573 g/mol. The molecule has 0 unspecified atom stereocenters. The summed E-state index contributed by atoms with van der Waals surface area (Å²) in [7, 11) is 1.76.